The van der Waals surface area contributed by atoms with Crippen molar-refractivity contribution in [1.29, 1.82) is 0 Å². The van der Waals surface area contributed by atoms with Gasteiger partial charge < -0.3 is 9.64 Å². The summed E-state index contributed by atoms with van der Waals surface area (Å²) in [7, 11) is 0. The summed E-state index contributed by atoms with van der Waals surface area (Å²) in [5, 5.41) is 1.42. The molecule has 0 spiro atoms. The van der Waals surface area contributed by atoms with Crippen LogP contribution in [-0.4, -0.2) is 41.4 Å². The number of nitrogens with zero attached hydrogens (tertiary/aromatic N) is 1. The minimum atomic E-state index is 0.0425. The van der Waals surface area contributed by atoms with Crippen LogP contribution in [0.15, 0.2) is 18.2 Å². The van der Waals surface area contributed by atoms with Crippen molar-refractivity contribution in [2.24, 2.45) is 0 Å². The molecule has 2 rings (SSSR count). The molecule has 1 fully saturated rings. The summed E-state index contributed by atoms with van der Waals surface area (Å²) in [6.07, 6.45) is 0.120. The van der Waals surface area contributed by atoms with Crippen LogP contribution in [0.2, 0.25) is 5.02 Å². The fraction of sp³-hybridized carbons (Fsp3) is 0.500. The minimum absolute atomic E-state index is 0.0425. The number of ether oxygens (including phenoxy) is 1. The molecule has 0 bridgehead atoms. The highest BCUT2D eigenvalue weighted by molar-refractivity contribution is 9.09. The number of hydrogen-bond acceptors (Lipinski definition) is 2. The average Bonchev–Trinajstić information content (AvgIpc) is 2.40. The fourth-order valence-electron chi connectivity index (χ4n) is 2.26. The molecule has 0 N–H and O–H groups in total. The third-order valence-corrected chi connectivity index (χ3v) is 4.34. The van der Waals surface area contributed by atoms with E-state index in [1.807, 2.05) is 24.8 Å². The van der Waals surface area contributed by atoms with Crippen molar-refractivity contribution in [3.63, 3.8) is 0 Å². The van der Waals surface area contributed by atoms with Crippen LogP contribution in [-0.2, 0) is 4.74 Å². The van der Waals surface area contributed by atoms with Crippen LogP contribution in [0, 0.1) is 6.92 Å². The summed E-state index contributed by atoms with van der Waals surface area (Å²) in [5.41, 5.74) is 1.61. The lowest BCUT2D eigenvalue weighted by Crippen LogP contribution is -2.49. The monoisotopic (exact) mass is 345 g/mol. The van der Waals surface area contributed by atoms with Crippen LogP contribution in [0.5, 0.6) is 0 Å². The van der Waals surface area contributed by atoms with E-state index in [-0.39, 0.29) is 18.1 Å². The van der Waals surface area contributed by atoms with Crippen LogP contribution in [0.1, 0.15) is 22.8 Å². The zero-order chi connectivity index (χ0) is 14.0. The highest BCUT2D eigenvalue weighted by Crippen LogP contribution is 2.20. The van der Waals surface area contributed by atoms with E-state index in [0.29, 0.717) is 23.7 Å². The van der Waals surface area contributed by atoms with Crippen molar-refractivity contribution in [2.45, 2.75) is 26.1 Å². The van der Waals surface area contributed by atoms with Crippen LogP contribution in [0.3, 0.4) is 0 Å². The quantitative estimate of drug-likeness (QED) is 0.769. The van der Waals surface area contributed by atoms with Gasteiger partial charge in [0.2, 0.25) is 0 Å². The van der Waals surface area contributed by atoms with E-state index >= 15 is 0 Å². The van der Waals surface area contributed by atoms with Gasteiger partial charge in [-0.15, -0.1) is 0 Å². The second-order valence-corrected chi connectivity index (χ2v) is 5.95. The predicted molar refractivity (Wildman–Crippen MR) is 80.2 cm³/mol. The SMILES string of the molecule is Cc1cc(C(=O)N2CC(C)OC(CBr)C2)ccc1Cl. The van der Waals surface area contributed by atoms with E-state index in [9.17, 15) is 4.79 Å². The molecule has 1 aromatic carbocycles. The van der Waals surface area contributed by atoms with Gasteiger partial charge in [-0.3, -0.25) is 4.79 Å². The van der Waals surface area contributed by atoms with Gasteiger partial charge in [0.1, 0.15) is 0 Å². The average molecular weight is 347 g/mol. The van der Waals surface area contributed by atoms with Crippen molar-refractivity contribution in [3.05, 3.63) is 34.3 Å². The molecule has 5 heteroatoms. The van der Waals surface area contributed by atoms with E-state index in [0.717, 1.165) is 10.9 Å². The Balaban J connectivity index is 2.16. The molecular weight excluding hydrogens is 330 g/mol. The third kappa shape index (κ3) is 3.50. The number of carbonyl (C=O) groups excluding carboxylic acids is 1. The number of amides is 1. The first-order valence-electron chi connectivity index (χ1n) is 6.28. The molecule has 1 aliphatic rings. The number of aryl methyl sites for hydroxylation is 1. The van der Waals surface area contributed by atoms with Gasteiger partial charge in [-0.05, 0) is 37.6 Å². The molecule has 1 saturated heterocycles. The number of alkyl halides is 1. The lowest BCUT2D eigenvalue weighted by atomic mass is 10.1. The third-order valence-electron chi connectivity index (χ3n) is 3.19. The Labute approximate surface area is 127 Å². The molecule has 1 heterocycles. The number of morpholine rings is 1. The van der Waals surface area contributed by atoms with Crippen LogP contribution >= 0.6 is 27.5 Å². The summed E-state index contributed by atoms with van der Waals surface area (Å²) in [6, 6.07) is 5.39. The molecule has 0 radical (unpaired) electrons. The number of carbonyl (C=O) groups is 1. The molecule has 2 atom stereocenters. The number of hydrogen-bond donors (Lipinski definition) is 0. The molecule has 0 saturated carbocycles. The highest BCUT2D eigenvalue weighted by Gasteiger charge is 2.28. The van der Waals surface area contributed by atoms with Crippen molar-refractivity contribution in [2.75, 3.05) is 18.4 Å². The molecule has 0 aliphatic carbocycles. The summed E-state index contributed by atoms with van der Waals surface area (Å²) >= 11 is 9.40. The zero-order valence-corrected chi connectivity index (χ0v) is 13.4. The van der Waals surface area contributed by atoms with Gasteiger partial charge in [0.15, 0.2) is 0 Å². The molecule has 1 aromatic rings. The molecule has 2 unspecified atom stereocenters. The van der Waals surface area contributed by atoms with Crippen molar-refractivity contribution in [1.82, 2.24) is 4.90 Å². The number of rotatable bonds is 2. The smallest absolute Gasteiger partial charge is 0.254 e. The van der Waals surface area contributed by atoms with Crippen molar-refractivity contribution >= 4 is 33.4 Å². The maximum atomic E-state index is 12.5. The first-order valence-corrected chi connectivity index (χ1v) is 7.78. The van der Waals surface area contributed by atoms with E-state index in [1.165, 1.54) is 0 Å². The standard InChI is InChI=1S/C14H17BrClNO2/c1-9-5-11(3-4-13(9)16)14(18)17-7-10(2)19-12(6-15)8-17/h3-5,10,12H,6-8H2,1-2H3. The van der Waals surface area contributed by atoms with Crippen LogP contribution in [0.25, 0.3) is 0 Å². The molecular formula is C14H17BrClNO2. The van der Waals surface area contributed by atoms with E-state index in [4.69, 9.17) is 16.3 Å². The Kier molecular flexibility index (Phi) is 4.87. The zero-order valence-electron chi connectivity index (χ0n) is 11.0. The van der Waals surface area contributed by atoms with Gasteiger partial charge in [0.05, 0.1) is 12.2 Å². The topological polar surface area (TPSA) is 29.5 Å². The molecule has 1 aliphatic heterocycles. The minimum Gasteiger partial charge on any atom is -0.371 e. The molecule has 19 heavy (non-hydrogen) atoms. The van der Waals surface area contributed by atoms with Gasteiger partial charge in [0.25, 0.3) is 5.91 Å². The predicted octanol–water partition coefficient (Wildman–Crippen LogP) is 3.27. The van der Waals surface area contributed by atoms with Gasteiger partial charge in [0, 0.05) is 29.0 Å². The molecule has 0 aromatic heterocycles. The lowest BCUT2D eigenvalue weighted by Gasteiger charge is -2.36. The molecule has 1 amide bonds. The Morgan fingerprint density at radius 2 is 2.26 bits per heavy atom. The Morgan fingerprint density at radius 1 is 1.53 bits per heavy atom. The summed E-state index contributed by atoms with van der Waals surface area (Å²) in [4.78, 5) is 14.3. The molecule has 104 valence electrons. The highest BCUT2D eigenvalue weighted by atomic mass is 79.9. The first-order chi connectivity index (χ1) is 9.01. The first kappa shape index (κ1) is 14.8. The van der Waals surface area contributed by atoms with Crippen LogP contribution in [0.4, 0.5) is 0 Å². The maximum Gasteiger partial charge on any atom is 0.254 e. The largest absolute Gasteiger partial charge is 0.371 e. The van der Waals surface area contributed by atoms with E-state index < -0.39 is 0 Å². The van der Waals surface area contributed by atoms with Gasteiger partial charge >= 0.3 is 0 Å². The van der Waals surface area contributed by atoms with Crippen molar-refractivity contribution in [3.8, 4) is 0 Å². The normalized spacial score (nSPS) is 23.5. The van der Waals surface area contributed by atoms with Gasteiger partial charge in [-0.2, -0.15) is 0 Å². The Morgan fingerprint density at radius 3 is 2.89 bits per heavy atom. The molecule has 3 nitrogen and oxygen atoms in total. The lowest BCUT2D eigenvalue weighted by molar-refractivity contribution is -0.0559. The number of benzene rings is 1. The second-order valence-electron chi connectivity index (χ2n) is 4.90. The fourth-order valence-corrected chi connectivity index (χ4v) is 2.73. The van der Waals surface area contributed by atoms with Crippen molar-refractivity contribution < 1.29 is 9.53 Å². The van der Waals surface area contributed by atoms with Gasteiger partial charge in [-0.25, -0.2) is 0 Å². The summed E-state index contributed by atoms with van der Waals surface area (Å²) in [5.74, 6) is 0.0425. The number of halogens is 2. The summed E-state index contributed by atoms with van der Waals surface area (Å²) in [6.45, 7) is 5.14. The van der Waals surface area contributed by atoms with Gasteiger partial charge in [-0.1, -0.05) is 27.5 Å². The second kappa shape index (κ2) is 6.25. The van der Waals surface area contributed by atoms with E-state index in [1.54, 1.807) is 12.1 Å². The Hall–Kier alpha value is -0.580. The Bertz CT molecular complexity index is 481. The van der Waals surface area contributed by atoms with E-state index in [2.05, 4.69) is 15.9 Å². The summed E-state index contributed by atoms with van der Waals surface area (Å²) < 4.78 is 5.73. The maximum absolute atomic E-state index is 12.5. The van der Waals surface area contributed by atoms with Crippen LogP contribution < -0.4 is 0 Å².